The Bertz CT molecular complexity index is 678. The van der Waals surface area contributed by atoms with Crippen LogP contribution in [0.3, 0.4) is 0 Å². The Morgan fingerprint density at radius 1 is 1.26 bits per heavy atom. The normalized spacial score (nSPS) is 27.5. The monoisotopic (exact) mass is 379 g/mol. The number of carboxylic acids is 1. The van der Waals surface area contributed by atoms with Crippen LogP contribution >= 0.6 is 0 Å². The molecular formula is C19H26FN3O4. The van der Waals surface area contributed by atoms with Crippen molar-refractivity contribution in [2.24, 2.45) is 0 Å². The summed E-state index contributed by atoms with van der Waals surface area (Å²) in [7, 11) is 0. The molecule has 3 rings (SSSR count). The Hall–Kier alpha value is -2.19. The SMILES string of the molecule is CCN(CC(=O)O)C1CC(NC(=O)N2CC(O)CC2c2ccc(F)cc2)C1. The molecule has 1 heterocycles. The van der Waals surface area contributed by atoms with E-state index in [0.29, 0.717) is 25.8 Å². The first-order chi connectivity index (χ1) is 12.9. The molecule has 8 heteroatoms. The molecule has 1 saturated heterocycles. The number of carbonyl (C=O) groups is 2. The Labute approximate surface area is 157 Å². The van der Waals surface area contributed by atoms with E-state index >= 15 is 0 Å². The summed E-state index contributed by atoms with van der Waals surface area (Å²) in [6.45, 7) is 2.83. The zero-order chi connectivity index (χ0) is 19.6. The van der Waals surface area contributed by atoms with Crippen LogP contribution in [0.4, 0.5) is 9.18 Å². The number of benzene rings is 1. The quantitative estimate of drug-likeness (QED) is 0.698. The summed E-state index contributed by atoms with van der Waals surface area (Å²) in [5, 5.41) is 21.9. The Kier molecular flexibility index (Phi) is 5.96. The Balaban J connectivity index is 1.56. The van der Waals surface area contributed by atoms with E-state index in [4.69, 9.17) is 5.11 Å². The van der Waals surface area contributed by atoms with Crippen LogP contribution in [0.15, 0.2) is 24.3 Å². The fourth-order valence-electron chi connectivity index (χ4n) is 3.97. The van der Waals surface area contributed by atoms with E-state index < -0.39 is 12.1 Å². The molecule has 0 radical (unpaired) electrons. The maximum Gasteiger partial charge on any atom is 0.318 e. The predicted octanol–water partition coefficient (Wildman–Crippen LogP) is 1.58. The third kappa shape index (κ3) is 4.56. The van der Waals surface area contributed by atoms with Gasteiger partial charge < -0.3 is 20.4 Å². The van der Waals surface area contributed by atoms with Crippen LogP contribution in [0.25, 0.3) is 0 Å². The fourth-order valence-corrected chi connectivity index (χ4v) is 3.97. The van der Waals surface area contributed by atoms with Crippen LogP contribution < -0.4 is 5.32 Å². The van der Waals surface area contributed by atoms with Crippen LogP contribution in [0.5, 0.6) is 0 Å². The first-order valence-electron chi connectivity index (χ1n) is 9.33. The van der Waals surface area contributed by atoms with Gasteiger partial charge in [-0.15, -0.1) is 0 Å². The second-order valence-corrected chi connectivity index (χ2v) is 7.34. The number of amides is 2. The third-order valence-electron chi connectivity index (χ3n) is 5.50. The van der Waals surface area contributed by atoms with Crippen molar-refractivity contribution in [1.82, 2.24) is 15.1 Å². The number of halogens is 1. The van der Waals surface area contributed by atoms with E-state index in [1.54, 1.807) is 17.0 Å². The van der Waals surface area contributed by atoms with E-state index in [9.17, 15) is 19.1 Å². The molecule has 3 N–H and O–H groups in total. The average molecular weight is 379 g/mol. The van der Waals surface area contributed by atoms with Crippen LogP contribution in [0.1, 0.15) is 37.8 Å². The Morgan fingerprint density at radius 3 is 2.52 bits per heavy atom. The molecule has 1 saturated carbocycles. The maximum atomic E-state index is 13.2. The molecule has 1 aromatic rings. The van der Waals surface area contributed by atoms with E-state index in [2.05, 4.69) is 5.32 Å². The van der Waals surface area contributed by atoms with Crippen molar-refractivity contribution in [2.45, 2.75) is 50.4 Å². The van der Waals surface area contributed by atoms with E-state index in [1.165, 1.54) is 12.1 Å². The van der Waals surface area contributed by atoms with Gasteiger partial charge in [-0.25, -0.2) is 9.18 Å². The van der Waals surface area contributed by atoms with Crippen molar-refractivity contribution in [3.05, 3.63) is 35.6 Å². The van der Waals surface area contributed by atoms with Crippen molar-refractivity contribution >= 4 is 12.0 Å². The van der Waals surface area contributed by atoms with Gasteiger partial charge in [0.25, 0.3) is 0 Å². The standard InChI is InChI=1S/C19H26FN3O4/c1-2-22(11-18(25)26)15-7-14(8-15)21-19(27)23-10-16(24)9-17(23)12-3-5-13(20)6-4-12/h3-6,14-17,24H,2,7-11H2,1H3,(H,21,27)(H,25,26). The number of hydrogen-bond donors (Lipinski definition) is 3. The van der Waals surface area contributed by atoms with Gasteiger partial charge in [-0.2, -0.15) is 0 Å². The molecule has 7 nitrogen and oxygen atoms in total. The highest BCUT2D eigenvalue weighted by Gasteiger charge is 2.39. The lowest BCUT2D eigenvalue weighted by Crippen LogP contribution is -2.56. The van der Waals surface area contributed by atoms with Gasteiger partial charge in [0.1, 0.15) is 5.82 Å². The van der Waals surface area contributed by atoms with Crippen molar-refractivity contribution in [3.8, 4) is 0 Å². The highest BCUT2D eigenvalue weighted by atomic mass is 19.1. The third-order valence-corrected chi connectivity index (χ3v) is 5.50. The molecule has 0 aromatic heterocycles. The van der Waals surface area contributed by atoms with Gasteiger partial charge in [0.15, 0.2) is 0 Å². The van der Waals surface area contributed by atoms with Crippen LogP contribution in [-0.4, -0.2) is 69.8 Å². The van der Waals surface area contributed by atoms with E-state index in [0.717, 1.165) is 5.56 Å². The van der Waals surface area contributed by atoms with Gasteiger partial charge in [0, 0.05) is 18.6 Å². The van der Waals surface area contributed by atoms with E-state index in [-0.39, 0.29) is 43.1 Å². The minimum absolute atomic E-state index is 0.00282. The predicted molar refractivity (Wildman–Crippen MR) is 96.7 cm³/mol. The number of aliphatic carboxylic acids is 1. The molecule has 2 unspecified atom stereocenters. The molecule has 27 heavy (non-hydrogen) atoms. The summed E-state index contributed by atoms with van der Waals surface area (Å²) in [6.07, 6.45) is 1.25. The first-order valence-corrected chi connectivity index (χ1v) is 9.33. The number of nitrogens with one attached hydrogen (secondary N) is 1. The number of carboxylic acid groups (broad SMARTS) is 1. The lowest BCUT2D eigenvalue weighted by Gasteiger charge is -2.43. The first kappa shape index (κ1) is 19.6. The summed E-state index contributed by atoms with van der Waals surface area (Å²) >= 11 is 0. The lowest BCUT2D eigenvalue weighted by molar-refractivity contribution is -0.139. The molecular weight excluding hydrogens is 353 g/mol. The number of hydrogen-bond acceptors (Lipinski definition) is 4. The number of likely N-dealkylation sites (N-methyl/N-ethyl adjacent to an activating group) is 1. The van der Waals surface area contributed by atoms with Crippen molar-refractivity contribution < 1.29 is 24.2 Å². The number of likely N-dealkylation sites (tertiary alicyclic amines) is 1. The number of nitrogens with zero attached hydrogens (tertiary/aromatic N) is 2. The summed E-state index contributed by atoms with van der Waals surface area (Å²) in [5.74, 6) is -1.19. The summed E-state index contributed by atoms with van der Waals surface area (Å²) in [5.41, 5.74) is 0.799. The summed E-state index contributed by atoms with van der Waals surface area (Å²) in [4.78, 5) is 27.1. The van der Waals surface area contributed by atoms with Gasteiger partial charge in [-0.3, -0.25) is 9.69 Å². The highest BCUT2D eigenvalue weighted by Crippen LogP contribution is 2.33. The van der Waals surface area contributed by atoms with Crippen LogP contribution in [0.2, 0.25) is 0 Å². The molecule has 2 atom stereocenters. The van der Waals surface area contributed by atoms with E-state index in [1.807, 2.05) is 11.8 Å². The zero-order valence-electron chi connectivity index (χ0n) is 15.3. The topological polar surface area (TPSA) is 93.1 Å². The Morgan fingerprint density at radius 2 is 1.93 bits per heavy atom. The second-order valence-electron chi connectivity index (χ2n) is 7.34. The molecule has 0 spiro atoms. The number of aliphatic hydroxyl groups excluding tert-OH is 1. The summed E-state index contributed by atoms with van der Waals surface area (Å²) < 4.78 is 13.2. The van der Waals surface area contributed by atoms with Gasteiger partial charge in [-0.05, 0) is 43.5 Å². The molecule has 1 aliphatic carbocycles. The summed E-state index contributed by atoms with van der Waals surface area (Å²) in [6, 6.07) is 5.63. The van der Waals surface area contributed by atoms with Gasteiger partial charge in [0.05, 0.1) is 18.7 Å². The van der Waals surface area contributed by atoms with Gasteiger partial charge >= 0.3 is 12.0 Å². The molecule has 2 amide bonds. The molecule has 2 aliphatic rings. The van der Waals surface area contributed by atoms with Crippen molar-refractivity contribution in [3.63, 3.8) is 0 Å². The molecule has 0 bridgehead atoms. The van der Waals surface area contributed by atoms with Crippen molar-refractivity contribution in [1.29, 1.82) is 0 Å². The molecule has 2 fully saturated rings. The number of urea groups is 1. The number of β-amino-alcohol motifs (C(OH)–C–C–N with tert-alkyl or cyclic N) is 1. The largest absolute Gasteiger partial charge is 0.480 e. The smallest absolute Gasteiger partial charge is 0.318 e. The van der Waals surface area contributed by atoms with Crippen LogP contribution in [-0.2, 0) is 4.79 Å². The minimum atomic E-state index is -0.850. The van der Waals surface area contributed by atoms with Crippen LogP contribution in [0, 0.1) is 5.82 Å². The minimum Gasteiger partial charge on any atom is -0.480 e. The number of aliphatic hydroxyl groups is 1. The van der Waals surface area contributed by atoms with Gasteiger partial charge in [0.2, 0.25) is 0 Å². The van der Waals surface area contributed by atoms with Gasteiger partial charge in [-0.1, -0.05) is 19.1 Å². The number of carbonyl (C=O) groups excluding carboxylic acids is 1. The number of rotatable bonds is 6. The lowest BCUT2D eigenvalue weighted by atomic mass is 9.85. The maximum absolute atomic E-state index is 13.2. The molecule has 1 aliphatic heterocycles. The second kappa shape index (κ2) is 8.22. The fraction of sp³-hybridized carbons (Fsp3) is 0.579. The molecule has 1 aromatic carbocycles. The molecule has 148 valence electrons. The van der Waals surface area contributed by atoms with Crippen molar-refractivity contribution in [2.75, 3.05) is 19.6 Å². The zero-order valence-corrected chi connectivity index (χ0v) is 15.3. The average Bonchev–Trinajstić information content (AvgIpc) is 2.98. The highest BCUT2D eigenvalue weighted by molar-refractivity contribution is 5.75.